The molecule has 164 valence electrons. The number of anilines is 1. The Morgan fingerprint density at radius 2 is 1.97 bits per heavy atom. The number of rotatable bonds is 10. The molecule has 0 fully saturated rings. The minimum atomic E-state index is -0.372. The smallest absolute Gasteiger partial charge is 0.340 e. The molecule has 5 nitrogen and oxygen atoms in total. The Morgan fingerprint density at radius 1 is 1.19 bits per heavy atom. The molecule has 0 aliphatic carbocycles. The van der Waals surface area contributed by atoms with Crippen molar-refractivity contribution in [2.24, 2.45) is 0 Å². The first-order valence-corrected chi connectivity index (χ1v) is 12.1. The number of aromatic nitrogens is 1. The van der Waals surface area contributed by atoms with Gasteiger partial charge in [0.2, 0.25) is 0 Å². The highest BCUT2D eigenvalue weighted by Crippen LogP contribution is 2.27. The fourth-order valence-corrected chi connectivity index (χ4v) is 4.06. The van der Waals surface area contributed by atoms with Gasteiger partial charge in [-0.15, -0.1) is 11.3 Å². The summed E-state index contributed by atoms with van der Waals surface area (Å²) in [5, 5.41) is 15.3. The van der Waals surface area contributed by atoms with Crippen LogP contribution in [0.1, 0.15) is 48.0 Å². The Labute approximate surface area is 200 Å². The second-order valence-electron chi connectivity index (χ2n) is 7.10. The van der Waals surface area contributed by atoms with E-state index >= 15 is 0 Å². The van der Waals surface area contributed by atoms with Crippen molar-refractivity contribution in [2.45, 2.75) is 32.6 Å². The number of benzene rings is 2. The summed E-state index contributed by atoms with van der Waals surface area (Å²) in [7, 11) is 0. The maximum Gasteiger partial charge on any atom is 0.340 e. The molecular formula is C25H24BrN3O2S. The standard InChI is InChI=1S/C25H24BrN3O2S/c1-2-3-4-7-14-31-25(30)21-8-5-6-9-22(21)28-16-19(15-27)24-29-23(17-32-24)18-10-12-20(26)13-11-18/h5-6,8-13,16-17,28H,2-4,7,14H2,1H3/b19-16+. The van der Waals surface area contributed by atoms with E-state index in [0.717, 1.165) is 41.4 Å². The lowest BCUT2D eigenvalue weighted by Crippen LogP contribution is -2.09. The van der Waals surface area contributed by atoms with Gasteiger partial charge in [-0.25, -0.2) is 9.78 Å². The van der Waals surface area contributed by atoms with Crippen LogP contribution in [0.2, 0.25) is 0 Å². The van der Waals surface area contributed by atoms with Crippen molar-refractivity contribution < 1.29 is 9.53 Å². The van der Waals surface area contributed by atoms with Crippen LogP contribution in [0, 0.1) is 11.3 Å². The molecule has 1 heterocycles. The van der Waals surface area contributed by atoms with Crippen molar-refractivity contribution in [1.29, 1.82) is 5.26 Å². The van der Waals surface area contributed by atoms with E-state index in [0.29, 0.717) is 28.4 Å². The zero-order chi connectivity index (χ0) is 22.8. The highest BCUT2D eigenvalue weighted by molar-refractivity contribution is 9.10. The van der Waals surface area contributed by atoms with Gasteiger partial charge in [0.15, 0.2) is 0 Å². The van der Waals surface area contributed by atoms with Crippen molar-refractivity contribution in [3.8, 4) is 17.3 Å². The lowest BCUT2D eigenvalue weighted by atomic mass is 10.1. The number of esters is 1. The summed E-state index contributed by atoms with van der Waals surface area (Å²) in [4.78, 5) is 17.1. The van der Waals surface area contributed by atoms with Gasteiger partial charge in [-0.2, -0.15) is 5.26 Å². The maximum atomic E-state index is 12.5. The minimum Gasteiger partial charge on any atom is -0.462 e. The summed E-state index contributed by atoms with van der Waals surface area (Å²) < 4.78 is 6.41. The molecule has 32 heavy (non-hydrogen) atoms. The number of para-hydroxylation sites is 1. The van der Waals surface area contributed by atoms with Crippen LogP contribution >= 0.6 is 27.3 Å². The molecule has 1 aromatic heterocycles. The maximum absolute atomic E-state index is 12.5. The summed E-state index contributed by atoms with van der Waals surface area (Å²) in [6.07, 6.45) is 5.76. The number of carbonyl (C=O) groups excluding carboxylic acids is 1. The monoisotopic (exact) mass is 509 g/mol. The lowest BCUT2D eigenvalue weighted by molar-refractivity contribution is 0.0499. The normalized spacial score (nSPS) is 11.1. The summed E-state index contributed by atoms with van der Waals surface area (Å²) in [5.74, 6) is -0.372. The fraction of sp³-hybridized carbons (Fsp3) is 0.240. The molecule has 1 N–H and O–H groups in total. The van der Waals surface area contributed by atoms with E-state index in [4.69, 9.17) is 4.74 Å². The lowest BCUT2D eigenvalue weighted by Gasteiger charge is -2.09. The number of hydrogen-bond acceptors (Lipinski definition) is 6. The molecule has 0 bridgehead atoms. The van der Waals surface area contributed by atoms with E-state index in [2.05, 4.69) is 39.2 Å². The molecule has 0 unspecified atom stereocenters. The molecular weight excluding hydrogens is 486 g/mol. The average Bonchev–Trinajstić information content (AvgIpc) is 3.30. The van der Waals surface area contributed by atoms with E-state index in [9.17, 15) is 10.1 Å². The third-order valence-corrected chi connectivity index (χ3v) is 6.15. The summed E-state index contributed by atoms with van der Waals surface area (Å²) in [6, 6.07) is 17.2. The Hall–Kier alpha value is -2.95. The number of unbranched alkanes of at least 4 members (excludes halogenated alkanes) is 3. The third kappa shape index (κ3) is 6.52. The first kappa shape index (κ1) is 23.7. The second kappa shape index (κ2) is 12.2. The van der Waals surface area contributed by atoms with Crippen LogP contribution in [-0.2, 0) is 4.74 Å². The van der Waals surface area contributed by atoms with Gasteiger partial charge in [0.1, 0.15) is 16.6 Å². The molecule has 0 aliphatic rings. The Balaban J connectivity index is 1.70. The number of carbonyl (C=O) groups is 1. The van der Waals surface area contributed by atoms with Gasteiger partial charge in [0.05, 0.1) is 23.6 Å². The molecule has 0 saturated carbocycles. The van der Waals surface area contributed by atoms with Gasteiger partial charge in [-0.1, -0.05) is 66.4 Å². The number of ether oxygens (including phenoxy) is 1. The molecule has 0 radical (unpaired) electrons. The van der Waals surface area contributed by atoms with Gasteiger partial charge in [-0.05, 0) is 30.7 Å². The van der Waals surface area contributed by atoms with Crippen molar-refractivity contribution in [2.75, 3.05) is 11.9 Å². The van der Waals surface area contributed by atoms with Crippen LogP contribution in [0.4, 0.5) is 5.69 Å². The van der Waals surface area contributed by atoms with Crippen molar-refractivity contribution in [1.82, 2.24) is 4.98 Å². The molecule has 0 spiro atoms. The molecule has 3 aromatic rings. The minimum absolute atomic E-state index is 0.372. The van der Waals surface area contributed by atoms with Crippen LogP contribution in [0.5, 0.6) is 0 Å². The number of allylic oxidation sites excluding steroid dienone is 1. The molecule has 7 heteroatoms. The number of nitriles is 1. The topological polar surface area (TPSA) is 75.0 Å². The molecule has 0 aliphatic heterocycles. The Bertz CT molecular complexity index is 1120. The van der Waals surface area contributed by atoms with Gasteiger partial charge < -0.3 is 10.1 Å². The SMILES string of the molecule is CCCCCCOC(=O)c1ccccc1N/C=C(\C#N)c1nc(-c2ccc(Br)cc2)cs1. The van der Waals surface area contributed by atoms with E-state index in [1.165, 1.54) is 11.3 Å². The number of hydrogen-bond donors (Lipinski definition) is 1. The Morgan fingerprint density at radius 3 is 2.72 bits per heavy atom. The zero-order valence-electron chi connectivity index (χ0n) is 17.8. The fourth-order valence-electron chi connectivity index (χ4n) is 3.00. The van der Waals surface area contributed by atoms with Crippen molar-refractivity contribution >= 4 is 44.5 Å². The van der Waals surface area contributed by atoms with Crippen molar-refractivity contribution in [3.63, 3.8) is 0 Å². The van der Waals surface area contributed by atoms with Gasteiger partial charge in [0.25, 0.3) is 0 Å². The summed E-state index contributed by atoms with van der Waals surface area (Å²) in [5.41, 5.74) is 3.20. The molecule has 0 atom stereocenters. The second-order valence-corrected chi connectivity index (χ2v) is 8.87. The predicted octanol–water partition coefficient (Wildman–Crippen LogP) is 7.29. The van der Waals surface area contributed by atoms with Crippen molar-refractivity contribution in [3.05, 3.63) is 75.2 Å². The number of nitrogens with zero attached hydrogens (tertiary/aromatic N) is 2. The van der Waals surface area contributed by atoms with Crippen LogP contribution in [-0.4, -0.2) is 17.6 Å². The first-order valence-electron chi connectivity index (χ1n) is 10.5. The van der Waals surface area contributed by atoms with E-state index in [-0.39, 0.29) is 5.97 Å². The molecule has 3 rings (SSSR count). The quantitative estimate of drug-likeness (QED) is 0.176. The van der Waals surface area contributed by atoms with Crippen LogP contribution < -0.4 is 5.32 Å². The predicted molar refractivity (Wildman–Crippen MR) is 133 cm³/mol. The molecule has 0 saturated heterocycles. The van der Waals surface area contributed by atoms with Crippen LogP contribution in [0.25, 0.3) is 16.8 Å². The van der Waals surface area contributed by atoms with Gasteiger partial charge in [0, 0.05) is 21.6 Å². The van der Waals surface area contributed by atoms with Crippen LogP contribution in [0.15, 0.2) is 64.6 Å². The van der Waals surface area contributed by atoms with Crippen LogP contribution in [0.3, 0.4) is 0 Å². The zero-order valence-corrected chi connectivity index (χ0v) is 20.2. The first-order chi connectivity index (χ1) is 15.6. The average molecular weight is 510 g/mol. The highest BCUT2D eigenvalue weighted by atomic mass is 79.9. The molecule has 2 aromatic carbocycles. The summed E-state index contributed by atoms with van der Waals surface area (Å²) in [6.45, 7) is 2.55. The van der Waals surface area contributed by atoms with E-state index in [1.54, 1.807) is 24.4 Å². The number of nitrogens with one attached hydrogen (secondary N) is 1. The van der Waals surface area contributed by atoms with E-state index in [1.807, 2.05) is 35.7 Å². The van der Waals surface area contributed by atoms with Gasteiger partial charge >= 0.3 is 5.97 Å². The van der Waals surface area contributed by atoms with E-state index < -0.39 is 0 Å². The number of thiazole rings is 1. The molecule has 0 amide bonds. The largest absolute Gasteiger partial charge is 0.462 e. The Kier molecular flexibility index (Phi) is 9.02. The highest BCUT2D eigenvalue weighted by Gasteiger charge is 2.13. The van der Waals surface area contributed by atoms with Gasteiger partial charge in [-0.3, -0.25) is 0 Å². The summed E-state index contributed by atoms with van der Waals surface area (Å²) >= 11 is 4.83. The number of halogens is 1. The third-order valence-electron chi connectivity index (χ3n) is 4.75.